The van der Waals surface area contributed by atoms with Crippen molar-refractivity contribution < 1.29 is 0 Å². The number of piperidine rings is 1. The second-order valence-corrected chi connectivity index (χ2v) is 4.23. The molecule has 2 rings (SSSR count). The van der Waals surface area contributed by atoms with Gasteiger partial charge in [-0.15, -0.1) is 0 Å². The highest BCUT2D eigenvalue weighted by atomic mass is 35.5. The lowest BCUT2D eigenvalue weighted by Gasteiger charge is -2.30. The number of benzene rings is 1. The second-order valence-electron chi connectivity index (χ2n) is 3.79. The van der Waals surface area contributed by atoms with E-state index in [1.165, 1.54) is 5.56 Å². The maximum atomic E-state index is 6.06. The maximum Gasteiger partial charge on any atom is 0.0474 e. The Kier molecular flexibility index (Phi) is 3.06. The van der Waals surface area contributed by atoms with Crippen LogP contribution in [0.3, 0.4) is 0 Å². The lowest BCUT2D eigenvalue weighted by molar-refractivity contribution is 0.358. The Balaban J connectivity index is 2.20. The fraction of sp³-hybridized carbons (Fsp3) is 0.455. The third kappa shape index (κ3) is 2.08. The van der Waals surface area contributed by atoms with E-state index in [1.807, 2.05) is 18.2 Å². The molecule has 1 aromatic rings. The first kappa shape index (κ1) is 9.97. The number of nitrogens with one attached hydrogen (secondary N) is 1. The summed E-state index contributed by atoms with van der Waals surface area (Å²) >= 11 is 5.94. The first-order valence-corrected chi connectivity index (χ1v) is 5.39. The van der Waals surface area contributed by atoms with Gasteiger partial charge in [0.25, 0.3) is 0 Å². The monoisotopic (exact) mass is 210 g/mol. The smallest absolute Gasteiger partial charge is 0.0474 e. The molecule has 1 fully saturated rings. The van der Waals surface area contributed by atoms with Crippen LogP contribution in [0.25, 0.3) is 0 Å². The van der Waals surface area contributed by atoms with Gasteiger partial charge in [-0.25, -0.2) is 0 Å². The van der Waals surface area contributed by atoms with E-state index >= 15 is 0 Å². The van der Waals surface area contributed by atoms with Crippen molar-refractivity contribution in [2.24, 2.45) is 5.73 Å². The fourth-order valence-electron chi connectivity index (χ4n) is 1.98. The summed E-state index contributed by atoms with van der Waals surface area (Å²) in [5, 5.41) is 4.21. The van der Waals surface area contributed by atoms with E-state index in [0.717, 1.165) is 24.4 Å². The summed E-state index contributed by atoms with van der Waals surface area (Å²) in [6.45, 7) is 1.05. The molecule has 0 spiro atoms. The zero-order valence-corrected chi connectivity index (χ0v) is 8.80. The van der Waals surface area contributed by atoms with Gasteiger partial charge in [0.15, 0.2) is 0 Å². The lowest BCUT2D eigenvalue weighted by Crippen LogP contribution is -2.42. The molecule has 0 saturated carbocycles. The predicted octanol–water partition coefficient (Wildman–Crippen LogP) is 2.09. The van der Waals surface area contributed by atoms with Crippen LogP contribution in [0.4, 0.5) is 0 Å². The van der Waals surface area contributed by atoms with Gasteiger partial charge in [-0.1, -0.05) is 23.7 Å². The molecule has 1 heterocycles. The van der Waals surface area contributed by atoms with Crippen molar-refractivity contribution >= 4 is 11.6 Å². The largest absolute Gasteiger partial charge is 0.326 e. The highest BCUT2D eigenvalue weighted by Crippen LogP contribution is 2.24. The maximum absolute atomic E-state index is 6.06. The van der Waals surface area contributed by atoms with Crippen LogP contribution in [-0.2, 0) is 0 Å². The second kappa shape index (κ2) is 4.30. The van der Waals surface area contributed by atoms with Gasteiger partial charge in [-0.05, 0) is 37.1 Å². The van der Waals surface area contributed by atoms with Crippen molar-refractivity contribution in [3.63, 3.8) is 0 Å². The number of hydrogen-bond donors (Lipinski definition) is 2. The standard InChI is InChI=1S/C11H15ClN2/c12-9-4-1-3-8(7-9)11-10(13)5-2-6-14-11/h1,3-4,7,10-11,14H,2,5-6,13H2/t10-,11-/m0/s1. The van der Waals surface area contributed by atoms with Crippen LogP contribution >= 0.6 is 11.6 Å². The van der Waals surface area contributed by atoms with E-state index in [0.29, 0.717) is 0 Å². The lowest BCUT2D eigenvalue weighted by atomic mass is 9.93. The molecule has 3 heteroatoms. The summed E-state index contributed by atoms with van der Waals surface area (Å²) in [7, 11) is 0. The summed E-state index contributed by atoms with van der Waals surface area (Å²) < 4.78 is 0. The third-order valence-electron chi connectivity index (χ3n) is 2.71. The van der Waals surface area contributed by atoms with Crippen LogP contribution in [0.1, 0.15) is 24.4 Å². The van der Waals surface area contributed by atoms with E-state index in [2.05, 4.69) is 11.4 Å². The van der Waals surface area contributed by atoms with Gasteiger partial charge in [0, 0.05) is 17.1 Å². The normalized spacial score (nSPS) is 27.6. The summed E-state index contributed by atoms with van der Waals surface area (Å²) in [6.07, 6.45) is 2.25. The zero-order valence-electron chi connectivity index (χ0n) is 8.04. The molecule has 0 unspecified atom stereocenters. The fourth-order valence-corrected chi connectivity index (χ4v) is 2.18. The van der Waals surface area contributed by atoms with Crippen LogP contribution in [-0.4, -0.2) is 12.6 Å². The summed E-state index contributed by atoms with van der Waals surface area (Å²) in [5.74, 6) is 0. The van der Waals surface area contributed by atoms with Gasteiger partial charge in [0.1, 0.15) is 0 Å². The molecule has 2 atom stereocenters. The Morgan fingerprint density at radius 3 is 3.00 bits per heavy atom. The molecule has 1 aromatic carbocycles. The topological polar surface area (TPSA) is 38.0 Å². The van der Waals surface area contributed by atoms with E-state index in [-0.39, 0.29) is 12.1 Å². The molecule has 0 amide bonds. The van der Waals surface area contributed by atoms with E-state index < -0.39 is 0 Å². The van der Waals surface area contributed by atoms with E-state index in [1.54, 1.807) is 0 Å². The highest BCUT2D eigenvalue weighted by molar-refractivity contribution is 6.30. The first-order valence-electron chi connectivity index (χ1n) is 5.02. The van der Waals surface area contributed by atoms with Crippen LogP contribution in [0.15, 0.2) is 24.3 Å². The number of rotatable bonds is 1. The molecule has 1 aliphatic heterocycles. The Labute approximate surface area is 89.4 Å². The number of hydrogen-bond acceptors (Lipinski definition) is 2. The molecule has 1 saturated heterocycles. The van der Waals surface area contributed by atoms with Gasteiger partial charge in [-0.2, -0.15) is 0 Å². The van der Waals surface area contributed by atoms with Crippen LogP contribution in [0, 0.1) is 0 Å². The minimum Gasteiger partial charge on any atom is -0.326 e. The van der Waals surface area contributed by atoms with Crippen molar-refractivity contribution in [2.75, 3.05) is 6.54 Å². The SMILES string of the molecule is N[C@H]1CCCN[C@H]1c1cccc(Cl)c1. The Morgan fingerprint density at radius 2 is 2.29 bits per heavy atom. The van der Waals surface area contributed by atoms with Crippen molar-refractivity contribution in [2.45, 2.75) is 24.9 Å². The number of nitrogens with two attached hydrogens (primary N) is 1. The molecule has 76 valence electrons. The minimum atomic E-state index is 0.210. The summed E-state index contributed by atoms with van der Waals surface area (Å²) in [4.78, 5) is 0. The zero-order chi connectivity index (χ0) is 9.97. The minimum absolute atomic E-state index is 0.210. The van der Waals surface area contributed by atoms with Gasteiger partial charge >= 0.3 is 0 Å². The number of halogens is 1. The summed E-state index contributed by atoms with van der Waals surface area (Å²) in [5.41, 5.74) is 7.25. The van der Waals surface area contributed by atoms with Gasteiger partial charge in [0.05, 0.1) is 0 Å². The third-order valence-corrected chi connectivity index (χ3v) is 2.95. The highest BCUT2D eigenvalue weighted by Gasteiger charge is 2.22. The van der Waals surface area contributed by atoms with Gasteiger partial charge in [0.2, 0.25) is 0 Å². The quantitative estimate of drug-likeness (QED) is 0.745. The van der Waals surface area contributed by atoms with E-state index in [9.17, 15) is 0 Å². The van der Waals surface area contributed by atoms with Crippen molar-refractivity contribution in [3.8, 4) is 0 Å². The van der Waals surface area contributed by atoms with Crippen molar-refractivity contribution in [1.29, 1.82) is 0 Å². The Bertz CT molecular complexity index is 314. The van der Waals surface area contributed by atoms with Crippen LogP contribution in [0.2, 0.25) is 5.02 Å². The van der Waals surface area contributed by atoms with Crippen LogP contribution < -0.4 is 11.1 Å². The molecule has 2 nitrogen and oxygen atoms in total. The van der Waals surface area contributed by atoms with E-state index in [4.69, 9.17) is 17.3 Å². The summed E-state index contributed by atoms with van der Waals surface area (Å²) in [6, 6.07) is 8.41. The average Bonchev–Trinajstić information content (AvgIpc) is 2.18. The predicted molar refractivity (Wildman–Crippen MR) is 59.4 cm³/mol. The molecule has 1 aliphatic rings. The first-order chi connectivity index (χ1) is 6.77. The molecular formula is C11H15ClN2. The molecule has 0 aromatic heterocycles. The molecule has 0 radical (unpaired) electrons. The Morgan fingerprint density at radius 1 is 1.43 bits per heavy atom. The molecule has 0 bridgehead atoms. The van der Waals surface area contributed by atoms with Crippen LogP contribution in [0.5, 0.6) is 0 Å². The molecule has 0 aliphatic carbocycles. The van der Waals surface area contributed by atoms with Crippen molar-refractivity contribution in [1.82, 2.24) is 5.32 Å². The molecule has 14 heavy (non-hydrogen) atoms. The Hall–Kier alpha value is -0.570. The van der Waals surface area contributed by atoms with Gasteiger partial charge in [-0.3, -0.25) is 0 Å². The van der Waals surface area contributed by atoms with Crippen molar-refractivity contribution in [3.05, 3.63) is 34.9 Å². The van der Waals surface area contributed by atoms with Gasteiger partial charge < -0.3 is 11.1 Å². The molecular weight excluding hydrogens is 196 g/mol. The average molecular weight is 211 g/mol. The molecule has 3 N–H and O–H groups in total.